The highest BCUT2D eigenvalue weighted by atomic mass is 16.4. The summed E-state index contributed by atoms with van der Waals surface area (Å²) in [6.45, 7) is 3.64. The Bertz CT molecular complexity index is 676. The maximum Gasteiger partial charge on any atom is 0.358 e. The van der Waals surface area contributed by atoms with Crippen molar-refractivity contribution in [1.82, 2.24) is 15.0 Å². The summed E-state index contributed by atoms with van der Waals surface area (Å²) >= 11 is 0. The van der Waals surface area contributed by atoms with E-state index in [2.05, 4.69) is 10.3 Å². The quantitative estimate of drug-likeness (QED) is 0.881. The van der Waals surface area contributed by atoms with Gasteiger partial charge in [-0.2, -0.15) is 0 Å². The number of hydrogen-bond donors (Lipinski definition) is 2. The fourth-order valence-electron chi connectivity index (χ4n) is 1.92. The number of nitrogens with zero attached hydrogens (tertiary/aromatic N) is 3. The molecule has 104 valence electrons. The van der Waals surface area contributed by atoms with Gasteiger partial charge in [0.2, 0.25) is 0 Å². The lowest BCUT2D eigenvalue weighted by atomic mass is 10.1. The van der Waals surface area contributed by atoms with E-state index in [-0.39, 0.29) is 17.2 Å². The Kier molecular flexibility index (Phi) is 3.51. The van der Waals surface area contributed by atoms with E-state index in [4.69, 9.17) is 10.2 Å². The van der Waals surface area contributed by atoms with Crippen LogP contribution in [0.1, 0.15) is 46.3 Å². The number of hydrogen-bond acceptors (Lipinski definition) is 4. The molecule has 0 radical (unpaired) electrons. The highest BCUT2D eigenvalue weighted by molar-refractivity contribution is 5.88. The van der Waals surface area contributed by atoms with Crippen molar-refractivity contribution in [1.29, 1.82) is 0 Å². The lowest BCUT2D eigenvalue weighted by Crippen LogP contribution is -2.09. The number of carboxylic acids is 2. The molecule has 0 fully saturated rings. The van der Waals surface area contributed by atoms with Gasteiger partial charge in [-0.25, -0.2) is 14.3 Å². The zero-order valence-electron chi connectivity index (χ0n) is 10.9. The summed E-state index contributed by atoms with van der Waals surface area (Å²) < 4.78 is 1.36. The molecule has 0 aliphatic rings. The van der Waals surface area contributed by atoms with Crippen LogP contribution in [-0.2, 0) is 0 Å². The third kappa shape index (κ3) is 2.37. The van der Waals surface area contributed by atoms with Crippen molar-refractivity contribution >= 4 is 11.9 Å². The number of carboxylic acid groups (broad SMARTS) is 2. The lowest BCUT2D eigenvalue weighted by Gasteiger charge is -2.10. The molecule has 1 aromatic heterocycles. The summed E-state index contributed by atoms with van der Waals surface area (Å²) in [6.07, 6.45) is 0. The van der Waals surface area contributed by atoms with Crippen LogP contribution in [0.25, 0.3) is 5.69 Å². The molecule has 0 aliphatic carbocycles. The van der Waals surface area contributed by atoms with Gasteiger partial charge >= 0.3 is 11.9 Å². The second-order valence-electron chi connectivity index (χ2n) is 4.55. The summed E-state index contributed by atoms with van der Waals surface area (Å²) in [7, 11) is 0. The van der Waals surface area contributed by atoms with E-state index in [0.29, 0.717) is 11.4 Å². The molecule has 0 saturated heterocycles. The van der Waals surface area contributed by atoms with Crippen LogP contribution in [0, 0.1) is 0 Å². The summed E-state index contributed by atoms with van der Waals surface area (Å²) in [5.41, 5.74) is 0.874. The first-order valence-corrected chi connectivity index (χ1v) is 5.94. The van der Waals surface area contributed by atoms with Gasteiger partial charge in [-0.05, 0) is 24.1 Å². The predicted octanol–water partition coefficient (Wildman–Crippen LogP) is 1.79. The molecule has 7 heteroatoms. The molecule has 7 nitrogen and oxygen atoms in total. The molecule has 0 atom stereocenters. The molecule has 2 aromatic rings. The molecule has 1 heterocycles. The van der Waals surface area contributed by atoms with Crippen LogP contribution in [0.4, 0.5) is 0 Å². The zero-order valence-corrected chi connectivity index (χ0v) is 10.9. The molecule has 20 heavy (non-hydrogen) atoms. The van der Waals surface area contributed by atoms with E-state index in [1.165, 1.54) is 16.8 Å². The Labute approximate surface area is 114 Å². The van der Waals surface area contributed by atoms with Crippen molar-refractivity contribution in [2.45, 2.75) is 19.8 Å². The van der Waals surface area contributed by atoms with Crippen LogP contribution in [0.3, 0.4) is 0 Å². The molecule has 0 spiro atoms. The van der Waals surface area contributed by atoms with E-state index in [9.17, 15) is 9.59 Å². The largest absolute Gasteiger partial charge is 0.478 e. The van der Waals surface area contributed by atoms with Gasteiger partial charge < -0.3 is 10.2 Å². The third-order valence-corrected chi connectivity index (χ3v) is 2.79. The minimum atomic E-state index is -1.16. The van der Waals surface area contributed by atoms with E-state index in [1.807, 2.05) is 13.8 Å². The molecule has 2 N–H and O–H groups in total. The lowest BCUT2D eigenvalue weighted by molar-refractivity contribution is 0.0681. The second kappa shape index (κ2) is 5.12. The van der Waals surface area contributed by atoms with Crippen molar-refractivity contribution < 1.29 is 19.8 Å². The van der Waals surface area contributed by atoms with E-state index >= 15 is 0 Å². The minimum Gasteiger partial charge on any atom is -0.478 e. The van der Waals surface area contributed by atoms with Crippen molar-refractivity contribution in [3.63, 3.8) is 0 Å². The Morgan fingerprint density at radius 3 is 2.45 bits per heavy atom. The molecule has 1 aromatic carbocycles. The Morgan fingerprint density at radius 1 is 1.20 bits per heavy atom. The van der Waals surface area contributed by atoms with Crippen molar-refractivity contribution in [3.8, 4) is 5.69 Å². The average Bonchev–Trinajstić information content (AvgIpc) is 2.83. The Hall–Kier alpha value is -2.70. The Morgan fingerprint density at radius 2 is 1.90 bits per heavy atom. The van der Waals surface area contributed by atoms with Crippen LogP contribution >= 0.6 is 0 Å². The summed E-state index contributed by atoms with van der Waals surface area (Å²) in [6, 6.07) is 6.11. The third-order valence-electron chi connectivity index (χ3n) is 2.79. The number of aromatic carboxylic acids is 2. The van der Waals surface area contributed by atoms with Gasteiger partial charge in [-0.1, -0.05) is 25.1 Å². The van der Waals surface area contributed by atoms with Crippen LogP contribution in [0.15, 0.2) is 24.3 Å². The van der Waals surface area contributed by atoms with Gasteiger partial charge in [0, 0.05) is 0 Å². The van der Waals surface area contributed by atoms with Gasteiger partial charge in [0.15, 0.2) is 5.69 Å². The van der Waals surface area contributed by atoms with Crippen LogP contribution in [-0.4, -0.2) is 37.1 Å². The highest BCUT2D eigenvalue weighted by Crippen LogP contribution is 2.22. The smallest absolute Gasteiger partial charge is 0.358 e. The summed E-state index contributed by atoms with van der Waals surface area (Å²) in [4.78, 5) is 22.1. The first kappa shape index (κ1) is 13.7. The van der Waals surface area contributed by atoms with E-state index in [0.717, 1.165) is 0 Å². The molecule has 2 rings (SSSR count). The topological polar surface area (TPSA) is 105 Å². The maximum atomic E-state index is 11.1. The fourth-order valence-corrected chi connectivity index (χ4v) is 1.92. The number of rotatable bonds is 4. The highest BCUT2D eigenvalue weighted by Gasteiger charge is 2.22. The number of aromatic nitrogens is 3. The van der Waals surface area contributed by atoms with Crippen molar-refractivity contribution in [2.24, 2.45) is 0 Å². The van der Waals surface area contributed by atoms with Crippen LogP contribution < -0.4 is 0 Å². The molecular weight excluding hydrogens is 262 g/mol. The van der Waals surface area contributed by atoms with Gasteiger partial charge in [-0.3, -0.25) is 0 Å². The van der Waals surface area contributed by atoms with Gasteiger partial charge in [0.25, 0.3) is 0 Å². The first-order valence-electron chi connectivity index (χ1n) is 5.94. The number of carbonyl (C=O) groups is 2. The van der Waals surface area contributed by atoms with Gasteiger partial charge in [0.1, 0.15) is 0 Å². The molecule has 0 amide bonds. The maximum absolute atomic E-state index is 11.1. The predicted molar refractivity (Wildman–Crippen MR) is 69.4 cm³/mol. The molecular formula is C13H13N3O4. The first-order chi connectivity index (χ1) is 9.41. The standard InChI is InChI=1S/C13H13N3O4/c1-7(2)11-10(13(19)20)14-15-16(11)9-5-3-4-8(6-9)12(17)18/h3-7H,1-2H3,(H,17,18)(H,19,20). The molecule has 0 unspecified atom stereocenters. The van der Waals surface area contributed by atoms with Gasteiger partial charge in [0.05, 0.1) is 16.9 Å². The van der Waals surface area contributed by atoms with Crippen molar-refractivity contribution in [2.75, 3.05) is 0 Å². The monoisotopic (exact) mass is 275 g/mol. The van der Waals surface area contributed by atoms with E-state index < -0.39 is 11.9 Å². The zero-order chi connectivity index (χ0) is 14.9. The number of benzene rings is 1. The minimum absolute atomic E-state index is 0.101. The Balaban J connectivity index is 2.61. The second-order valence-corrected chi connectivity index (χ2v) is 4.55. The summed E-state index contributed by atoms with van der Waals surface area (Å²) in [5.74, 6) is -2.34. The fraction of sp³-hybridized carbons (Fsp3) is 0.231. The van der Waals surface area contributed by atoms with Gasteiger partial charge in [-0.15, -0.1) is 5.10 Å². The SMILES string of the molecule is CC(C)c1c(C(=O)O)nnn1-c1cccc(C(=O)O)c1. The summed E-state index contributed by atoms with van der Waals surface area (Å²) in [5, 5.41) is 25.6. The molecule has 0 aliphatic heterocycles. The van der Waals surface area contributed by atoms with Crippen molar-refractivity contribution in [3.05, 3.63) is 41.2 Å². The molecule has 0 saturated carbocycles. The van der Waals surface area contributed by atoms with Crippen LogP contribution in [0.5, 0.6) is 0 Å². The average molecular weight is 275 g/mol. The van der Waals surface area contributed by atoms with Crippen LogP contribution in [0.2, 0.25) is 0 Å². The van der Waals surface area contributed by atoms with E-state index in [1.54, 1.807) is 12.1 Å². The normalized spacial score (nSPS) is 10.8. The molecule has 0 bridgehead atoms.